The summed E-state index contributed by atoms with van der Waals surface area (Å²) in [5, 5.41) is 0.124. The highest BCUT2D eigenvalue weighted by Gasteiger charge is 2.42. The Morgan fingerprint density at radius 3 is 2.26 bits per heavy atom. The Balaban J connectivity index is 1.75. The highest BCUT2D eigenvalue weighted by atomic mass is 28.4. The summed E-state index contributed by atoms with van der Waals surface area (Å²) < 4.78 is 16.9. The van der Waals surface area contributed by atoms with Crippen LogP contribution in [-0.2, 0) is 9.16 Å². The molecule has 1 fully saturated rings. The first-order valence-electron chi connectivity index (χ1n) is 11.8. The molecule has 1 heterocycles. The van der Waals surface area contributed by atoms with Crippen LogP contribution in [0.2, 0.25) is 18.1 Å². The predicted octanol–water partition coefficient (Wildman–Crippen LogP) is 6.02. The lowest BCUT2D eigenvalue weighted by Crippen LogP contribution is -2.42. The van der Waals surface area contributed by atoms with E-state index in [1.807, 2.05) is 6.07 Å². The van der Waals surface area contributed by atoms with Gasteiger partial charge in [0.15, 0.2) is 8.32 Å². The topological polar surface area (TPSA) is 65.1 Å². The number of likely N-dealkylation sites (tertiary alicyclic amines) is 1. The number of amides is 1. The third kappa shape index (κ3) is 5.88. The van der Waals surface area contributed by atoms with Crippen LogP contribution < -0.4 is 4.74 Å². The average Bonchev–Trinajstić information content (AvgIpc) is 3.21. The van der Waals surface area contributed by atoms with E-state index in [1.165, 1.54) is 18.2 Å². The van der Waals surface area contributed by atoms with Gasteiger partial charge < -0.3 is 18.8 Å². The Labute approximate surface area is 204 Å². The van der Waals surface area contributed by atoms with E-state index in [1.54, 1.807) is 29.2 Å². The molecule has 2 atom stereocenters. The van der Waals surface area contributed by atoms with Crippen LogP contribution in [0.4, 0.5) is 4.79 Å². The van der Waals surface area contributed by atoms with Crippen molar-refractivity contribution in [2.75, 3.05) is 26.8 Å². The molecular formula is C27H37NO5Si. The maximum Gasteiger partial charge on any atom is 0.415 e. The molecule has 1 aliphatic rings. The van der Waals surface area contributed by atoms with Gasteiger partial charge in [0, 0.05) is 31.5 Å². The lowest BCUT2D eigenvalue weighted by Gasteiger charge is -2.37. The summed E-state index contributed by atoms with van der Waals surface area (Å²) in [6.07, 6.45) is -0.390. The third-order valence-corrected chi connectivity index (χ3v) is 11.7. The van der Waals surface area contributed by atoms with Gasteiger partial charge in [0.25, 0.3) is 0 Å². The van der Waals surface area contributed by atoms with Crippen LogP contribution in [0.3, 0.4) is 0 Å². The van der Waals surface area contributed by atoms with Crippen LogP contribution in [0.15, 0.2) is 48.5 Å². The molecule has 0 N–H and O–H groups in total. The normalized spacial score (nSPS) is 18.6. The molecule has 3 rings (SSSR count). The summed E-state index contributed by atoms with van der Waals surface area (Å²) in [6.45, 7) is 15.1. The number of carbonyl (C=O) groups is 2. The second-order valence-electron chi connectivity index (χ2n) is 10.6. The molecule has 7 heteroatoms. The van der Waals surface area contributed by atoms with Crippen LogP contribution in [0.25, 0.3) is 0 Å². The first kappa shape index (κ1) is 26.0. The smallest absolute Gasteiger partial charge is 0.415 e. The van der Waals surface area contributed by atoms with Crippen molar-refractivity contribution < 1.29 is 23.5 Å². The molecule has 2 aromatic carbocycles. The van der Waals surface area contributed by atoms with Gasteiger partial charge in [0.05, 0.1) is 12.7 Å². The molecule has 0 bridgehead atoms. The van der Waals surface area contributed by atoms with E-state index < -0.39 is 14.3 Å². The fraction of sp³-hybridized carbons (Fsp3) is 0.481. The molecule has 1 saturated heterocycles. The van der Waals surface area contributed by atoms with E-state index in [9.17, 15) is 9.59 Å². The number of methoxy groups -OCH3 is 1. The van der Waals surface area contributed by atoms with Gasteiger partial charge in [-0.15, -0.1) is 0 Å². The number of aryl methyl sites for hydroxylation is 1. The molecule has 0 radical (unpaired) electrons. The maximum atomic E-state index is 13.0. The van der Waals surface area contributed by atoms with E-state index in [4.69, 9.17) is 13.9 Å². The van der Waals surface area contributed by atoms with Crippen molar-refractivity contribution in [3.8, 4) is 5.75 Å². The minimum atomic E-state index is -1.92. The van der Waals surface area contributed by atoms with Crippen LogP contribution in [0, 0.1) is 12.8 Å². The lowest BCUT2D eigenvalue weighted by molar-refractivity contribution is 0.0600. The Morgan fingerprint density at radius 1 is 1.03 bits per heavy atom. The second kappa shape index (κ2) is 10.3. The molecule has 0 aromatic heterocycles. The fourth-order valence-corrected chi connectivity index (χ4v) is 5.08. The van der Waals surface area contributed by atoms with Gasteiger partial charge in [0.2, 0.25) is 0 Å². The Kier molecular flexibility index (Phi) is 7.88. The minimum Gasteiger partial charge on any atom is -0.465 e. The molecule has 0 unspecified atom stereocenters. The number of nitrogens with zero attached hydrogens (tertiary/aromatic N) is 1. The van der Waals surface area contributed by atoms with Gasteiger partial charge in [-0.05, 0) is 60.4 Å². The largest absolute Gasteiger partial charge is 0.465 e. The molecule has 0 saturated carbocycles. The zero-order valence-corrected chi connectivity index (χ0v) is 22.4. The number of rotatable bonds is 6. The van der Waals surface area contributed by atoms with Gasteiger partial charge in [-0.3, -0.25) is 0 Å². The van der Waals surface area contributed by atoms with Gasteiger partial charge in [0.1, 0.15) is 5.75 Å². The first-order chi connectivity index (χ1) is 15.9. The highest BCUT2D eigenvalue weighted by Crippen LogP contribution is 2.40. The minimum absolute atomic E-state index is 0.124. The SMILES string of the molecule is COC(=O)c1ccc(OC(=O)N2C[C@H](CO[Si](C)(C)C(C)(C)C)[C@@H](c3ccccc3C)C2)cc1. The molecule has 1 aliphatic heterocycles. The van der Waals surface area contributed by atoms with Crippen LogP contribution in [-0.4, -0.2) is 52.1 Å². The molecule has 1 amide bonds. The number of hydrogen-bond donors (Lipinski definition) is 0. The fourth-order valence-electron chi connectivity index (χ4n) is 4.02. The Morgan fingerprint density at radius 2 is 1.68 bits per heavy atom. The van der Waals surface area contributed by atoms with Crippen molar-refractivity contribution in [3.63, 3.8) is 0 Å². The monoisotopic (exact) mass is 483 g/mol. The highest BCUT2D eigenvalue weighted by molar-refractivity contribution is 6.74. The van der Waals surface area contributed by atoms with Crippen molar-refractivity contribution in [3.05, 3.63) is 65.2 Å². The van der Waals surface area contributed by atoms with Crippen molar-refractivity contribution in [2.24, 2.45) is 5.92 Å². The Bertz CT molecular complexity index is 1010. The summed E-state index contributed by atoms with van der Waals surface area (Å²) >= 11 is 0. The first-order valence-corrected chi connectivity index (χ1v) is 14.7. The van der Waals surface area contributed by atoms with Gasteiger partial charge >= 0.3 is 12.1 Å². The van der Waals surface area contributed by atoms with Crippen LogP contribution in [0.5, 0.6) is 5.75 Å². The van der Waals surface area contributed by atoms with Crippen molar-refractivity contribution >= 4 is 20.4 Å². The predicted molar refractivity (Wildman–Crippen MR) is 136 cm³/mol. The van der Waals surface area contributed by atoms with Crippen LogP contribution >= 0.6 is 0 Å². The molecule has 34 heavy (non-hydrogen) atoms. The number of ether oxygens (including phenoxy) is 2. The molecule has 0 spiro atoms. The van der Waals surface area contributed by atoms with Crippen LogP contribution in [0.1, 0.15) is 48.2 Å². The van der Waals surface area contributed by atoms with E-state index in [2.05, 4.69) is 59.0 Å². The summed E-state index contributed by atoms with van der Waals surface area (Å²) in [4.78, 5) is 26.4. The van der Waals surface area contributed by atoms with E-state index >= 15 is 0 Å². The molecule has 6 nitrogen and oxygen atoms in total. The van der Waals surface area contributed by atoms with E-state index in [0.29, 0.717) is 31.0 Å². The van der Waals surface area contributed by atoms with Gasteiger partial charge in [-0.25, -0.2) is 9.59 Å². The third-order valence-electron chi connectivity index (χ3n) is 7.23. The van der Waals surface area contributed by atoms with Crippen molar-refractivity contribution in [1.82, 2.24) is 4.90 Å². The summed E-state index contributed by atoms with van der Waals surface area (Å²) in [5.74, 6) is 0.332. The quantitative estimate of drug-likeness (QED) is 0.371. The van der Waals surface area contributed by atoms with Gasteiger partial charge in [-0.1, -0.05) is 45.0 Å². The number of hydrogen-bond acceptors (Lipinski definition) is 5. The summed E-state index contributed by atoms with van der Waals surface area (Å²) in [7, 11) is -0.584. The zero-order valence-electron chi connectivity index (χ0n) is 21.4. The summed E-state index contributed by atoms with van der Waals surface area (Å²) in [5.41, 5.74) is 2.88. The lowest BCUT2D eigenvalue weighted by atomic mass is 9.87. The Hall–Kier alpha value is -2.64. The number of carbonyl (C=O) groups excluding carboxylic acids is 2. The van der Waals surface area contributed by atoms with Gasteiger partial charge in [-0.2, -0.15) is 0 Å². The second-order valence-corrected chi connectivity index (χ2v) is 15.4. The maximum absolute atomic E-state index is 13.0. The zero-order chi connectivity index (χ0) is 25.1. The van der Waals surface area contributed by atoms with E-state index in [-0.39, 0.29) is 23.0 Å². The van der Waals surface area contributed by atoms with E-state index in [0.717, 1.165) is 0 Å². The molecule has 0 aliphatic carbocycles. The molecular weight excluding hydrogens is 446 g/mol. The molecule has 2 aromatic rings. The number of esters is 1. The molecule has 184 valence electrons. The van der Waals surface area contributed by atoms with Crippen molar-refractivity contribution in [2.45, 2.75) is 51.7 Å². The number of benzene rings is 2. The average molecular weight is 484 g/mol. The standard InChI is InChI=1S/C27H37NO5Si/c1-19-10-8-9-11-23(19)24-17-28(16-21(24)18-32-34(6,7)27(2,3)4)26(30)33-22-14-12-20(13-15-22)25(29)31-5/h8-15,21,24H,16-18H2,1-7H3/t21-,24+/m1/s1. The van der Waals surface area contributed by atoms with Crippen molar-refractivity contribution in [1.29, 1.82) is 0 Å². The summed E-state index contributed by atoms with van der Waals surface area (Å²) in [6, 6.07) is 14.8.